The molecular weight excluding hydrogens is 514 g/mol. The number of esters is 1. The van der Waals surface area contributed by atoms with Crippen molar-refractivity contribution >= 4 is 35.5 Å². The van der Waals surface area contributed by atoms with Crippen LogP contribution in [0.4, 0.5) is 11.5 Å². The molecule has 1 fully saturated rings. The molecule has 0 saturated carbocycles. The number of carbonyl (C=O) groups is 3. The largest absolute Gasteiger partial charge is 0.493 e. The van der Waals surface area contributed by atoms with Gasteiger partial charge in [0.2, 0.25) is 11.7 Å². The summed E-state index contributed by atoms with van der Waals surface area (Å²) in [5.74, 6) is 0.381. The molecule has 1 aromatic heterocycles. The standard InChI is InChI=1S/C29H31N5O6/c1-33-16-25(32-27(33)29(37)39-3)31-26(35)12-18-7-6-8-19(11-18)17-40-24-14-22-21(13-23(24)38-2)28(36)34-10-5-4-9-20(34)15-30-22/h6-8,11,13-16,20H,4-5,9-10,12,17H2,1-3H3,(H,31,35)/t20-/m0/s1. The number of anilines is 1. The number of imidazole rings is 1. The second kappa shape index (κ2) is 11.6. The van der Waals surface area contributed by atoms with E-state index in [1.807, 2.05) is 35.4 Å². The van der Waals surface area contributed by atoms with E-state index in [4.69, 9.17) is 14.2 Å². The van der Waals surface area contributed by atoms with Crippen LogP contribution in [0.1, 0.15) is 51.4 Å². The first-order valence-corrected chi connectivity index (χ1v) is 13.1. The second-order valence-electron chi connectivity index (χ2n) is 9.75. The molecule has 40 heavy (non-hydrogen) atoms. The number of hydrogen-bond acceptors (Lipinski definition) is 8. The Hall–Kier alpha value is -4.67. The van der Waals surface area contributed by atoms with Crippen molar-refractivity contribution in [3.8, 4) is 11.5 Å². The van der Waals surface area contributed by atoms with E-state index in [-0.39, 0.29) is 42.5 Å². The van der Waals surface area contributed by atoms with Gasteiger partial charge in [0.1, 0.15) is 6.61 Å². The molecule has 0 unspecified atom stereocenters. The molecular formula is C29H31N5O6. The molecule has 1 saturated heterocycles. The summed E-state index contributed by atoms with van der Waals surface area (Å²) in [7, 11) is 4.46. The first kappa shape index (κ1) is 26.9. The smallest absolute Gasteiger partial charge is 0.374 e. The average Bonchev–Trinajstić information content (AvgIpc) is 3.26. The monoisotopic (exact) mass is 545 g/mol. The highest BCUT2D eigenvalue weighted by Crippen LogP contribution is 2.38. The van der Waals surface area contributed by atoms with Gasteiger partial charge in [-0.1, -0.05) is 24.3 Å². The summed E-state index contributed by atoms with van der Waals surface area (Å²) in [5, 5.41) is 2.71. The Morgan fingerprint density at radius 2 is 1.93 bits per heavy atom. The first-order valence-electron chi connectivity index (χ1n) is 13.1. The summed E-state index contributed by atoms with van der Waals surface area (Å²) in [5.41, 5.74) is 2.70. The molecule has 2 aromatic carbocycles. The Kier molecular flexibility index (Phi) is 7.81. The maximum Gasteiger partial charge on any atom is 0.374 e. The normalized spacial score (nSPS) is 16.0. The van der Waals surface area contributed by atoms with Gasteiger partial charge in [0.05, 0.1) is 37.9 Å². The van der Waals surface area contributed by atoms with Crippen LogP contribution in [0.2, 0.25) is 0 Å². The van der Waals surface area contributed by atoms with E-state index in [0.717, 1.165) is 36.9 Å². The van der Waals surface area contributed by atoms with E-state index in [2.05, 4.69) is 15.3 Å². The van der Waals surface area contributed by atoms with E-state index in [1.165, 1.54) is 18.8 Å². The summed E-state index contributed by atoms with van der Waals surface area (Å²) in [6.45, 7) is 0.944. The van der Waals surface area contributed by atoms with Crippen LogP contribution >= 0.6 is 0 Å². The lowest BCUT2D eigenvalue weighted by Crippen LogP contribution is -2.43. The molecule has 2 aliphatic rings. The highest BCUT2D eigenvalue weighted by atomic mass is 16.5. The van der Waals surface area contributed by atoms with Crippen molar-refractivity contribution in [2.24, 2.45) is 12.0 Å². The van der Waals surface area contributed by atoms with Gasteiger partial charge in [-0.05, 0) is 36.5 Å². The summed E-state index contributed by atoms with van der Waals surface area (Å²) in [4.78, 5) is 48.2. The molecule has 0 radical (unpaired) electrons. The Labute approximate surface area is 231 Å². The van der Waals surface area contributed by atoms with Crippen LogP contribution in [-0.4, -0.2) is 65.3 Å². The number of rotatable bonds is 8. The molecule has 1 N–H and O–H groups in total. The number of methoxy groups -OCH3 is 2. The van der Waals surface area contributed by atoms with E-state index < -0.39 is 5.97 Å². The molecule has 2 aliphatic heterocycles. The quantitative estimate of drug-likeness (QED) is 0.428. The van der Waals surface area contributed by atoms with Crippen molar-refractivity contribution in [1.29, 1.82) is 0 Å². The van der Waals surface area contributed by atoms with E-state index in [0.29, 0.717) is 22.7 Å². The Morgan fingerprint density at radius 1 is 1.10 bits per heavy atom. The Bertz CT molecular complexity index is 1480. The number of ether oxygens (including phenoxy) is 3. The van der Waals surface area contributed by atoms with Gasteiger partial charge in [0, 0.05) is 32.1 Å². The number of aryl methyl sites for hydroxylation is 1. The van der Waals surface area contributed by atoms with Gasteiger partial charge in [-0.25, -0.2) is 9.78 Å². The van der Waals surface area contributed by atoms with Crippen molar-refractivity contribution < 1.29 is 28.6 Å². The fourth-order valence-corrected chi connectivity index (χ4v) is 4.96. The molecule has 0 aliphatic carbocycles. The predicted molar refractivity (Wildman–Crippen MR) is 147 cm³/mol. The van der Waals surface area contributed by atoms with Gasteiger partial charge < -0.3 is 29.0 Å². The van der Waals surface area contributed by atoms with Crippen LogP contribution in [0.5, 0.6) is 11.5 Å². The Morgan fingerprint density at radius 3 is 2.73 bits per heavy atom. The number of hydrogen-bond donors (Lipinski definition) is 1. The van der Waals surface area contributed by atoms with Crippen LogP contribution in [0.3, 0.4) is 0 Å². The number of piperidine rings is 1. The SMILES string of the molecule is COC(=O)c1nc(NC(=O)Cc2cccc(COc3cc4c(cc3OC)C(=O)N3CCCC[C@H]3C=N4)c2)cn1C. The van der Waals surface area contributed by atoms with E-state index >= 15 is 0 Å². The zero-order valence-corrected chi connectivity index (χ0v) is 22.7. The van der Waals surface area contributed by atoms with Gasteiger partial charge in [0.25, 0.3) is 5.91 Å². The van der Waals surface area contributed by atoms with Gasteiger partial charge in [-0.3, -0.25) is 14.6 Å². The minimum absolute atomic E-state index is 0.0107. The molecule has 0 spiro atoms. The number of aliphatic imine (C=N–C) groups is 1. The van der Waals surface area contributed by atoms with Crippen molar-refractivity contribution in [3.05, 3.63) is 65.1 Å². The number of carbonyl (C=O) groups excluding carboxylic acids is 3. The summed E-state index contributed by atoms with van der Waals surface area (Å²) >= 11 is 0. The molecule has 11 nitrogen and oxygen atoms in total. The fourth-order valence-electron chi connectivity index (χ4n) is 4.96. The van der Waals surface area contributed by atoms with Crippen molar-refractivity contribution in [2.75, 3.05) is 26.1 Å². The number of fused-ring (bicyclic) bond motifs is 2. The minimum Gasteiger partial charge on any atom is -0.493 e. The topological polar surface area (TPSA) is 124 Å². The lowest BCUT2D eigenvalue weighted by molar-refractivity contribution is -0.115. The second-order valence-corrected chi connectivity index (χ2v) is 9.75. The first-order chi connectivity index (χ1) is 19.4. The van der Waals surface area contributed by atoms with Crippen molar-refractivity contribution in [1.82, 2.24) is 14.5 Å². The lowest BCUT2D eigenvalue weighted by atomic mass is 10.0. The summed E-state index contributed by atoms with van der Waals surface area (Å²) < 4.78 is 17.8. The van der Waals surface area contributed by atoms with Crippen LogP contribution in [-0.2, 0) is 29.6 Å². The van der Waals surface area contributed by atoms with Crippen molar-refractivity contribution in [2.45, 2.75) is 38.3 Å². The number of aromatic nitrogens is 2. The fraction of sp³-hybridized carbons (Fsp3) is 0.345. The van der Waals surface area contributed by atoms with Gasteiger partial charge >= 0.3 is 5.97 Å². The lowest BCUT2D eigenvalue weighted by Gasteiger charge is -2.32. The molecule has 3 heterocycles. The molecule has 208 valence electrons. The highest BCUT2D eigenvalue weighted by Gasteiger charge is 2.31. The summed E-state index contributed by atoms with van der Waals surface area (Å²) in [6, 6.07) is 10.9. The zero-order valence-electron chi connectivity index (χ0n) is 22.7. The number of amides is 2. The number of benzene rings is 2. The highest BCUT2D eigenvalue weighted by molar-refractivity contribution is 6.03. The molecule has 5 rings (SSSR count). The molecule has 1 atom stereocenters. The van der Waals surface area contributed by atoms with Crippen LogP contribution in [0.15, 0.2) is 47.6 Å². The van der Waals surface area contributed by atoms with Crippen molar-refractivity contribution in [3.63, 3.8) is 0 Å². The number of nitrogens with one attached hydrogen (secondary N) is 1. The minimum atomic E-state index is -0.587. The summed E-state index contributed by atoms with van der Waals surface area (Å²) in [6.07, 6.45) is 6.49. The molecule has 11 heteroatoms. The van der Waals surface area contributed by atoms with Crippen LogP contribution in [0.25, 0.3) is 0 Å². The Balaban J connectivity index is 1.26. The number of nitrogens with zero attached hydrogens (tertiary/aromatic N) is 4. The molecule has 2 amide bonds. The van der Waals surface area contributed by atoms with E-state index in [1.54, 1.807) is 25.4 Å². The molecule has 0 bridgehead atoms. The third-order valence-electron chi connectivity index (χ3n) is 6.97. The van der Waals surface area contributed by atoms with Crippen LogP contribution in [0, 0.1) is 0 Å². The van der Waals surface area contributed by atoms with E-state index in [9.17, 15) is 14.4 Å². The van der Waals surface area contributed by atoms with Gasteiger partial charge in [-0.2, -0.15) is 0 Å². The average molecular weight is 546 g/mol. The maximum absolute atomic E-state index is 13.2. The van der Waals surface area contributed by atoms with Crippen LogP contribution < -0.4 is 14.8 Å². The molecule has 3 aromatic rings. The van der Waals surface area contributed by atoms with Gasteiger partial charge in [0.15, 0.2) is 17.3 Å². The zero-order chi connectivity index (χ0) is 28.2. The maximum atomic E-state index is 13.2. The third-order valence-corrected chi connectivity index (χ3v) is 6.97. The predicted octanol–water partition coefficient (Wildman–Crippen LogP) is 3.69. The van der Waals surface area contributed by atoms with Gasteiger partial charge in [-0.15, -0.1) is 0 Å². The third kappa shape index (κ3) is 5.68.